The molecule has 0 atom stereocenters. The number of aryl methyl sites for hydroxylation is 2. The molecule has 0 saturated carbocycles. The zero-order valence-corrected chi connectivity index (χ0v) is 14.8. The predicted octanol–water partition coefficient (Wildman–Crippen LogP) is 4.20. The van der Waals surface area contributed by atoms with Crippen molar-refractivity contribution in [2.75, 3.05) is 0 Å². The van der Waals surface area contributed by atoms with Gasteiger partial charge in [-0.2, -0.15) is 0 Å². The molecule has 0 saturated heterocycles. The summed E-state index contributed by atoms with van der Waals surface area (Å²) in [6.07, 6.45) is 11.4. The fraction of sp³-hybridized carbons (Fsp3) is 0.400. The molecule has 0 bridgehead atoms. The van der Waals surface area contributed by atoms with Crippen LogP contribution in [0.5, 0.6) is 0 Å². The molecule has 0 amide bonds. The fourth-order valence-corrected chi connectivity index (χ4v) is 4.86. The van der Waals surface area contributed by atoms with Crippen molar-refractivity contribution in [2.24, 2.45) is 0 Å². The van der Waals surface area contributed by atoms with Crippen LogP contribution < -0.4 is 5.19 Å². The number of rotatable bonds is 5. The van der Waals surface area contributed by atoms with E-state index < -0.39 is 0 Å². The summed E-state index contributed by atoms with van der Waals surface area (Å²) >= 11 is 0. The first-order valence-electron chi connectivity index (χ1n) is 8.23. The van der Waals surface area contributed by atoms with Gasteiger partial charge in [-0.1, -0.05) is 43.2 Å². The van der Waals surface area contributed by atoms with E-state index in [9.17, 15) is 0 Å². The average molecular weight is 295 g/mol. The molecule has 0 radical (unpaired) electrons. The molecule has 1 heteroatoms. The monoisotopic (exact) mass is 294 g/mol. The van der Waals surface area contributed by atoms with Crippen molar-refractivity contribution in [3.05, 3.63) is 59.0 Å². The van der Waals surface area contributed by atoms with Gasteiger partial charge in [0.25, 0.3) is 0 Å². The molecule has 0 aliphatic heterocycles. The second-order valence-electron chi connectivity index (χ2n) is 5.44. The predicted molar refractivity (Wildman–Crippen MR) is 96.6 cm³/mol. The highest BCUT2D eigenvalue weighted by Gasteiger charge is 2.13. The van der Waals surface area contributed by atoms with E-state index in [1.165, 1.54) is 22.3 Å². The van der Waals surface area contributed by atoms with Crippen LogP contribution in [0.3, 0.4) is 0 Å². The fourth-order valence-electron chi connectivity index (χ4n) is 2.93. The first-order chi connectivity index (χ1) is 10.2. The van der Waals surface area contributed by atoms with Gasteiger partial charge in [0.15, 0.2) is 0 Å². The lowest BCUT2D eigenvalue weighted by atomic mass is 9.94. The van der Waals surface area contributed by atoms with E-state index in [4.69, 9.17) is 0 Å². The summed E-state index contributed by atoms with van der Waals surface area (Å²) in [6.45, 7) is 9.09. The molecule has 0 aromatic heterocycles. The second-order valence-corrected chi connectivity index (χ2v) is 6.69. The maximum atomic E-state index is 2.31. The third-order valence-electron chi connectivity index (χ3n) is 4.25. The van der Waals surface area contributed by atoms with E-state index in [1.807, 2.05) is 0 Å². The smallest absolute Gasteiger partial charge is 0.0479 e. The molecule has 0 heterocycles. The van der Waals surface area contributed by atoms with E-state index in [0.717, 1.165) is 34.8 Å². The quantitative estimate of drug-likeness (QED) is 0.564. The molecule has 0 nitrogen and oxygen atoms in total. The van der Waals surface area contributed by atoms with Crippen LogP contribution in [0.4, 0.5) is 0 Å². The van der Waals surface area contributed by atoms with Gasteiger partial charge in [-0.3, -0.25) is 0 Å². The minimum atomic E-state index is 0.799. The molecular formula is C20H26Si. The summed E-state index contributed by atoms with van der Waals surface area (Å²) in [5.74, 6) is 0. The summed E-state index contributed by atoms with van der Waals surface area (Å²) in [4.78, 5) is 0. The van der Waals surface area contributed by atoms with Crippen molar-refractivity contribution in [3.8, 4) is 0 Å². The standard InChI is InChI=1S/C20H26Si/c1-5-15-11-9-12-16(6-2)19(15)21-20-17(7-3)13-10-14-18(20)8-4/h9-14H,5-8H2,1-4H3. The Hall–Kier alpha value is -1.34. The summed E-state index contributed by atoms with van der Waals surface area (Å²) in [7, 11) is 0.799. The van der Waals surface area contributed by atoms with Crippen LogP contribution in [-0.2, 0) is 12.8 Å². The molecule has 2 rings (SSSR count). The Morgan fingerprint density at radius 3 is 1.76 bits per heavy atom. The van der Waals surface area contributed by atoms with E-state index in [2.05, 4.69) is 64.5 Å². The number of hydrogen-bond acceptors (Lipinski definition) is 0. The third-order valence-corrected chi connectivity index (χ3v) is 6.03. The average Bonchev–Trinajstić information content (AvgIpc) is 2.55. The minimum Gasteiger partial charge on any atom is -0.359 e. The minimum absolute atomic E-state index is 0.799. The van der Waals surface area contributed by atoms with Gasteiger partial charge >= 0.3 is 0 Å². The van der Waals surface area contributed by atoms with Crippen LogP contribution in [0.1, 0.15) is 51.7 Å². The highest BCUT2D eigenvalue weighted by atomic mass is 28.2. The largest absolute Gasteiger partial charge is 0.359 e. The summed E-state index contributed by atoms with van der Waals surface area (Å²) in [5.41, 5.74) is 6.11. The van der Waals surface area contributed by atoms with Gasteiger partial charge in [-0.25, -0.2) is 5.19 Å². The van der Waals surface area contributed by atoms with Crippen molar-refractivity contribution < 1.29 is 0 Å². The van der Waals surface area contributed by atoms with Gasteiger partial charge in [0.2, 0.25) is 0 Å². The van der Waals surface area contributed by atoms with Gasteiger partial charge in [0.05, 0.1) is 0 Å². The molecule has 110 valence electrons. The van der Waals surface area contributed by atoms with E-state index in [0.29, 0.717) is 0 Å². The molecule has 1 aromatic carbocycles. The molecule has 0 spiro atoms. The lowest BCUT2D eigenvalue weighted by Gasteiger charge is -2.24. The van der Waals surface area contributed by atoms with Crippen molar-refractivity contribution in [3.63, 3.8) is 0 Å². The summed E-state index contributed by atoms with van der Waals surface area (Å²) in [5, 5.41) is 3.19. The Bertz CT molecular complexity index is 544. The van der Waals surface area contributed by atoms with Crippen LogP contribution in [0.15, 0.2) is 41.5 Å². The van der Waals surface area contributed by atoms with Crippen molar-refractivity contribution in [1.29, 1.82) is 0 Å². The summed E-state index contributed by atoms with van der Waals surface area (Å²) < 4.78 is 0. The number of benzene rings is 1. The molecule has 1 aromatic rings. The van der Waals surface area contributed by atoms with Gasteiger partial charge in [-0.15, -0.1) is 5.17 Å². The van der Waals surface area contributed by atoms with Crippen LogP contribution >= 0.6 is 0 Å². The Balaban J connectivity index is 2.57. The Morgan fingerprint density at radius 2 is 1.33 bits per heavy atom. The maximum absolute atomic E-state index is 2.31. The van der Waals surface area contributed by atoms with Gasteiger partial charge in [0.1, 0.15) is 0 Å². The Kier molecular flexibility index (Phi) is 5.81. The molecule has 1 aliphatic carbocycles. The van der Waals surface area contributed by atoms with E-state index in [1.54, 1.807) is 10.4 Å². The zero-order valence-electron chi connectivity index (χ0n) is 13.8. The van der Waals surface area contributed by atoms with Crippen LogP contribution in [0.2, 0.25) is 0 Å². The lowest BCUT2D eigenvalue weighted by molar-refractivity contribution is 1.11. The van der Waals surface area contributed by atoms with Gasteiger partial charge in [-0.05, 0) is 26.7 Å². The van der Waals surface area contributed by atoms with Crippen molar-refractivity contribution >= 4 is 19.5 Å². The number of allylic oxidation sites excluding steroid dienone is 4. The summed E-state index contributed by atoms with van der Waals surface area (Å²) in [6, 6.07) is 6.83. The highest BCUT2D eigenvalue weighted by Crippen LogP contribution is 2.19. The maximum Gasteiger partial charge on any atom is 0.0479 e. The topological polar surface area (TPSA) is 0 Å². The highest BCUT2D eigenvalue weighted by molar-refractivity contribution is 6.72. The Labute approximate surface area is 132 Å². The van der Waals surface area contributed by atoms with E-state index >= 15 is 0 Å². The Morgan fingerprint density at radius 1 is 0.810 bits per heavy atom. The SMILES string of the molecule is CCC1=C[CH+]C=C(CC)C1=[Si-]c1c(CC)cccc1CC. The normalized spacial score (nSPS) is 14.4. The molecule has 0 fully saturated rings. The first-order valence-corrected chi connectivity index (χ1v) is 9.23. The molecular weight excluding hydrogens is 268 g/mol. The van der Waals surface area contributed by atoms with Crippen LogP contribution in [-0.4, -0.2) is 14.3 Å². The van der Waals surface area contributed by atoms with Gasteiger partial charge < -0.3 is 9.13 Å². The first kappa shape index (κ1) is 16.0. The molecule has 0 N–H and O–H groups in total. The third kappa shape index (κ3) is 3.46. The van der Waals surface area contributed by atoms with Crippen molar-refractivity contribution in [2.45, 2.75) is 53.4 Å². The van der Waals surface area contributed by atoms with Crippen LogP contribution in [0, 0.1) is 6.42 Å². The lowest BCUT2D eigenvalue weighted by Crippen LogP contribution is -2.26. The molecule has 1 aliphatic rings. The molecule has 0 unspecified atom stereocenters. The molecule has 21 heavy (non-hydrogen) atoms. The zero-order chi connectivity index (χ0) is 15.2. The van der Waals surface area contributed by atoms with E-state index in [-0.39, 0.29) is 0 Å². The second kappa shape index (κ2) is 7.60. The number of hydrogen-bond donors (Lipinski definition) is 0. The van der Waals surface area contributed by atoms with Crippen molar-refractivity contribution in [1.82, 2.24) is 0 Å². The van der Waals surface area contributed by atoms with Gasteiger partial charge in [0, 0.05) is 42.6 Å². The van der Waals surface area contributed by atoms with Crippen LogP contribution in [0.25, 0.3) is 0 Å².